The summed E-state index contributed by atoms with van der Waals surface area (Å²) in [5.74, 6) is 2.37. The summed E-state index contributed by atoms with van der Waals surface area (Å²) in [6.07, 6.45) is 2.54. The van der Waals surface area contributed by atoms with Crippen molar-refractivity contribution in [1.29, 1.82) is 0 Å². The Hall–Kier alpha value is -3.12. The minimum atomic E-state index is -0.326. The molecule has 0 spiro atoms. The number of methoxy groups -OCH3 is 2. The van der Waals surface area contributed by atoms with Crippen molar-refractivity contribution < 1.29 is 14.2 Å². The molecule has 2 atom stereocenters. The van der Waals surface area contributed by atoms with Gasteiger partial charge in [-0.25, -0.2) is 5.01 Å². The normalized spacial score (nSPS) is 19.2. The quantitative estimate of drug-likeness (QED) is 0.486. The Balaban J connectivity index is 1.59. The number of nitrogens with zero attached hydrogens (tertiary/aromatic N) is 2. The molecule has 158 valence electrons. The van der Waals surface area contributed by atoms with E-state index in [1.807, 2.05) is 30.3 Å². The molecule has 2 aliphatic heterocycles. The number of hydrogen-bond donors (Lipinski definition) is 0. The first-order valence-corrected chi connectivity index (χ1v) is 11.4. The van der Waals surface area contributed by atoms with E-state index in [4.69, 9.17) is 19.3 Å². The van der Waals surface area contributed by atoms with Crippen LogP contribution in [0.1, 0.15) is 35.4 Å². The molecule has 0 radical (unpaired) electrons. The van der Waals surface area contributed by atoms with E-state index in [-0.39, 0.29) is 12.3 Å². The zero-order chi connectivity index (χ0) is 21.4. The van der Waals surface area contributed by atoms with Crippen LogP contribution in [0.4, 0.5) is 0 Å². The van der Waals surface area contributed by atoms with Crippen LogP contribution in [-0.4, -0.2) is 31.2 Å². The summed E-state index contributed by atoms with van der Waals surface area (Å²) in [5.41, 5.74) is 4.25. The van der Waals surface area contributed by atoms with Gasteiger partial charge in [-0.2, -0.15) is 5.10 Å². The summed E-state index contributed by atoms with van der Waals surface area (Å²) in [4.78, 5) is 1.22. The van der Waals surface area contributed by atoms with Crippen molar-refractivity contribution in [2.75, 3.05) is 20.5 Å². The Morgan fingerprint density at radius 1 is 1.00 bits per heavy atom. The molecule has 0 saturated carbocycles. The highest BCUT2D eigenvalue weighted by atomic mass is 32.2. The number of hydrazone groups is 1. The first-order valence-electron chi connectivity index (χ1n) is 10.2. The molecule has 0 amide bonds. The molecule has 0 N–H and O–H groups in total. The molecule has 0 fully saturated rings. The Morgan fingerprint density at radius 3 is 2.55 bits per heavy atom. The van der Waals surface area contributed by atoms with E-state index in [2.05, 4.69) is 47.7 Å². The summed E-state index contributed by atoms with van der Waals surface area (Å²) in [6, 6.07) is 22.7. The molecule has 3 aromatic carbocycles. The van der Waals surface area contributed by atoms with Gasteiger partial charge in [0.05, 0.1) is 26.0 Å². The number of para-hydroxylation sites is 1. The highest BCUT2D eigenvalue weighted by molar-refractivity contribution is 7.98. The zero-order valence-electron chi connectivity index (χ0n) is 17.7. The summed E-state index contributed by atoms with van der Waals surface area (Å²) in [7, 11) is 3.37. The second kappa shape index (κ2) is 8.19. The van der Waals surface area contributed by atoms with Gasteiger partial charge < -0.3 is 14.2 Å². The van der Waals surface area contributed by atoms with E-state index in [0.717, 1.165) is 46.1 Å². The van der Waals surface area contributed by atoms with Gasteiger partial charge in [-0.15, -0.1) is 11.8 Å². The van der Waals surface area contributed by atoms with Gasteiger partial charge in [0.25, 0.3) is 0 Å². The summed E-state index contributed by atoms with van der Waals surface area (Å²) < 4.78 is 17.6. The largest absolute Gasteiger partial charge is 0.497 e. The van der Waals surface area contributed by atoms with E-state index >= 15 is 0 Å². The van der Waals surface area contributed by atoms with E-state index in [1.54, 1.807) is 26.0 Å². The standard InChI is InChI=1S/C25H24N2O3S/c1-28-18-7-4-6-17(14-18)21-15-22-20-8-5-9-23(29-2)24(20)30-25(27(22)26-21)16-10-12-19(31-3)13-11-16/h4-14,22,25H,15H2,1-3H3. The SMILES string of the molecule is COc1cccc(C2=NN3C(C2)c2cccc(OC)c2OC3c2ccc(SC)cc2)c1. The van der Waals surface area contributed by atoms with Crippen LogP contribution in [0.2, 0.25) is 0 Å². The third-order valence-corrected chi connectivity index (χ3v) is 6.55. The van der Waals surface area contributed by atoms with Crippen LogP contribution in [0.5, 0.6) is 17.2 Å². The maximum atomic E-state index is 6.52. The van der Waals surface area contributed by atoms with Crippen LogP contribution in [0, 0.1) is 0 Å². The van der Waals surface area contributed by atoms with Crippen LogP contribution in [-0.2, 0) is 0 Å². The van der Waals surface area contributed by atoms with E-state index in [1.165, 1.54) is 4.90 Å². The van der Waals surface area contributed by atoms with Crippen LogP contribution in [0.25, 0.3) is 0 Å². The minimum absolute atomic E-state index is 0.0743. The highest BCUT2D eigenvalue weighted by Gasteiger charge is 2.42. The lowest BCUT2D eigenvalue weighted by atomic mass is 9.95. The van der Waals surface area contributed by atoms with Gasteiger partial charge in [0.1, 0.15) is 5.75 Å². The number of benzene rings is 3. The van der Waals surface area contributed by atoms with Crippen LogP contribution in [0.15, 0.2) is 76.7 Å². The van der Waals surface area contributed by atoms with Crippen molar-refractivity contribution >= 4 is 17.5 Å². The fraction of sp³-hybridized carbons (Fsp3) is 0.240. The number of fused-ring (bicyclic) bond motifs is 3. The van der Waals surface area contributed by atoms with Gasteiger partial charge >= 0.3 is 0 Å². The molecule has 2 aliphatic rings. The van der Waals surface area contributed by atoms with Gasteiger partial charge in [-0.05, 0) is 36.6 Å². The second-order valence-electron chi connectivity index (χ2n) is 7.50. The minimum Gasteiger partial charge on any atom is -0.497 e. The number of ether oxygens (including phenoxy) is 3. The van der Waals surface area contributed by atoms with Crippen molar-refractivity contribution in [1.82, 2.24) is 5.01 Å². The van der Waals surface area contributed by atoms with Crippen LogP contribution < -0.4 is 14.2 Å². The van der Waals surface area contributed by atoms with Gasteiger partial charge in [-0.1, -0.05) is 36.4 Å². The van der Waals surface area contributed by atoms with Crippen molar-refractivity contribution in [3.63, 3.8) is 0 Å². The lowest BCUT2D eigenvalue weighted by Gasteiger charge is -2.38. The predicted octanol–water partition coefficient (Wildman–Crippen LogP) is 5.67. The van der Waals surface area contributed by atoms with Gasteiger partial charge in [-0.3, -0.25) is 0 Å². The van der Waals surface area contributed by atoms with Crippen molar-refractivity contribution in [2.45, 2.75) is 23.6 Å². The molecule has 5 nitrogen and oxygen atoms in total. The van der Waals surface area contributed by atoms with E-state index in [9.17, 15) is 0 Å². The number of thioether (sulfide) groups is 1. The van der Waals surface area contributed by atoms with Crippen molar-refractivity contribution in [3.05, 3.63) is 83.4 Å². The van der Waals surface area contributed by atoms with Gasteiger partial charge in [0, 0.05) is 28.0 Å². The molecule has 3 aromatic rings. The van der Waals surface area contributed by atoms with E-state index in [0.29, 0.717) is 0 Å². The van der Waals surface area contributed by atoms with Gasteiger partial charge in [0.15, 0.2) is 11.5 Å². The van der Waals surface area contributed by atoms with Gasteiger partial charge in [0.2, 0.25) is 6.23 Å². The average Bonchev–Trinajstić information content (AvgIpc) is 3.29. The Kier molecular flexibility index (Phi) is 5.24. The average molecular weight is 433 g/mol. The lowest BCUT2D eigenvalue weighted by Crippen LogP contribution is -2.33. The molecular weight excluding hydrogens is 408 g/mol. The third kappa shape index (κ3) is 3.51. The first-order chi connectivity index (χ1) is 15.2. The highest BCUT2D eigenvalue weighted by Crippen LogP contribution is 2.50. The van der Waals surface area contributed by atoms with E-state index < -0.39 is 0 Å². The molecule has 5 rings (SSSR count). The monoisotopic (exact) mass is 432 g/mol. The van der Waals surface area contributed by atoms with Crippen LogP contribution in [0.3, 0.4) is 0 Å². The Bertz CT molecular complexity index is 1130. The Labute approximate surface area is 186 Å². The molecule has 2 unspecified atom stereocenters. The molecule has 31 heavy (non-hydrogen) atoms. The topological polar surface area (TPSA) is 43.3 Å². The molecule has 6 heteroatoms. The fourth-order valence-electron chi connectivity index (χ4n) is 4.21. The van der Waals surface area contributed by atoms with Crippen molar-refractivity contribution in [3.8, 4) is 17.2 Å². The maximum Gasteiger partial charge on any atom is 0.214 e. The first kappa shape index (κ1) is 19.8. The molecule has 0 bridgehead atoms. The lowest BCUT2D eigenvalue weighted by molar-refractivity contribution is -0.0209. The molecule has 0 saturated heterocycles. The third-order valence-electron chi connectivity index (χ3n) is 5.80. The Morgan fingerprint density at radius 2 is 1.81 bits per heavy atom. The molecule has 2 heterocycles. The fourth-order valence-corrected chi connectivity index (χ4v) is 4.62. The summed E-state index contributed by atoms with van der Waals surface area (Å²) in [6.45, 7) is 0. The van der Waals surface area contributed by atoms with Crippen LogP contribution >= 0.6 is 11.8 Å². The molecule has 0 aliphatic carbocycles. The zero-order valence-corrected chi connectivity index (χ0v) is 18.6. The van der Waals surface area contributed by atoms with Crippen molar-refractivity contribution in [2.24, 2.45) is 5.10 Å². The maximum absolute atomic E-state index is 6.52. The summed E-state index contributed by atoms with van der Waals surface area (Å²) >= 11 is 1.73. The summed E-state index contributed by atoms with van der Waals surface area (Å²) in [5, 5.41) is 7.12. The smallest absolute Gasteiger partial charge is 0.214 e. The number of hydrogen-bond acceptors (Lipinski definition) is 6. The number of rotatable bonds is 5. The molecular formula is C25H24N2O3S. The predicted molar refractivity (Wildman–Crippen MR) is 123 cm³/mol. The molecule has 0 aromatic heterocycles. The second-order valence-corrected chi connectivity index (χ2v) is 8.38.